The van der Waals surface area contributed by atoms with E-state index < -0.39 is 0 Å². The number of aryl methyl sites for hydroxylation is 1. The van der Waals surface area contributed by atoms with Gasteiger partial charge in [-0.25, -0.2) is 4.98 Å². The maximum atomic E-state index is 12.6. The standard InChI is InChI=1S/C22H29N3O2/c1-3-16(4-2)21(26)23-14-15-10-12-18-19(13-11-15)24-20(25-22(18)27)17-8-6-5-7-9-17/h5-9,15-16H,3-4,10-14H2,1-2H3,(H,23,26)(H,24,25,27). The Morgan fingerprint density at radius 2 is 1.89 bits per heavy atom. The zero-order valence-corrected chi connectivity index (χ0v) is 16.3. The van der Waals surface area contributed by atoms with Gasteiger partial charge in [-0.3, -0.25) is 9.59 Å². The van der Waals surface area contributed by atoms with Crippen molar-refractivity contribution in [1.29, 1.82) is 0 Å². The van der Waals surface area contributed by atoms with Crippen LogP contribution in [0.5, 0.6) is 0 Å². The van der Waals surface area contributed by atoms with E-state index in [1.165, 1.54) is 0 Å². The van der Waals surface area contributed by atoms with Gasteiger partial charge in [-0.15, -0.1) is 0 Å². The first-order valence-corrected chi connectivity index (χ1v) is 10.1. The number of rotatable bonds is 6. The highest BCUT2D eigenvalue weighted by Gasteiger charge is 2.22. The Bertz CT molecular complexity index is 825. The summed E-state index contributed by atoms with van der Waals surface area (Å²) in [5, 5.41) is 3.12. The highest BCUT2D eigenvalue weighted by atomic mass is 16.1. The number of benzene rings is 1. The number of hydrogen-bond acceptors (Lipinski definition) is 3. The zero-order chi connectivity index (χ0) is 19.2. The molecule has 2 N–H and O–H groups in total. The third-order valence-electron chi connectivity index (χ3n) is 5.66. The van der Waals surface area contributed by atoms with Crippen LogP contribution in [0, 0.1) is 11.8 Å². The Hall–Kier alpha value is -2.43. The van der Waals surface area contributed by atoms with Gasteiger partial charge in [0.25, 0.3) is 5.56 Å². The number of carbonyl (C=O) groups excluding carboxylic acids is 1. The Balaban J connectivity index is 1.68. The number of hydrogen-bond donors (Lipinski definition) is 2. The fourth-order valence-electron chi connectivity index (χ4n) is 3.83. The second kappa shape index (κ2) is 8.98. The molecule has 5 heteroatoms. The molecule has 5 nitrogen and oxygen atoms in total. The van der Waals surface area contributed by atoms with Crippen LogP contribution in [0.15, 0.2) is 35.1 Å². The van der Waals surface area contributed by atoms with E-state index in [1.54, 1.807) is 0 Å². The van der Waals surface area contributed by atoms with Crippen LogP contribution in [-0.4, -0.2) is 22.4 Å². The number of aromatic amines is 1. The number of fused-ring (bicyclic) bond motifs is 1. The van der Waals surface area contributed by atoms with Crippen LogP contribution in [-0.2, 0) is 17.6 Å². The minimum atomic E-state index is -0.0273. The van der Waals surface area contributed by atoms with E-state index in [4.69, 9.17) is 4.98 Å². The second-order valence-corrected chi connectivity index (χ2v) is 7.41. The minimum Gasteiger partial charge on any atom is -0.356 e. The van der Waals surface area contributed by atoms with Crippen molar-refractivity contribution in [2.45, 2.75) is 52.4 Å². The fourth-order valence-corrected chi connectivity index (χ4v) is 3.83. The number of nitrogens with one attached hydrogen (secondary N) is 2. The molecule has 1 aliphatic rings. The lowest BCUT2D eigenvalue weighted by Gasteiger charge is -2.17. The van der Waals surface area contributed by atoms with Crippen molar-refractivity contribution in [2.75, 3.05) is 6.54 Å². The number of amides is 1. The monoisotopic (exact) mass is 367 g/mol. The Labute approximate surface area is 160 Å². The highest BCUT2D eigenvalue weighted by molar-refractivity contribution is 5.78. The summed E-state index contributed by atoms with van der Waals surface area (Å²) in [6, 6.07) is 9.75. The third-order valence-corrected chi connectivity index (χ3v) is 5.66. The lowest BCUT2D eigenvalue weighted by atomic mass is 9.98. The van der Waals surface area contributed by atoms with Crippen molar-refractivity contribution >= 4 is 5.91 Å². The van der Waals surface area contributed by atoms with Crippen molar-refractivity contribution < 1.29 is 4.79 Å². The summed E-state index contributed by atoms with van der Waals surface area (Å²) in [7, 11) is 0. The van der Waals surface area contributed by atoms with Crippen LogP contribution in [0.1, 0.15) is 50.8 Å². The van der Waals surface area contributed by atoms with Crippen LogP contribution in [0.3, 0.4) is 0 Å². The summed E-state index contributed by atoms with van der Waals surface area (Å²) >= 11 is 0. The SMILES string of the molecule is CCC(CC)C(=O)NCC1CCc2nc(-c3ccccc3)[nH]c(=O)c2CC1. The third kappa shape index (κ3) is 4.65. The summed E-state index contributed by atoms with van der Waals surface area (Å²) in [4.78, 5) is 32.5. The molecular formula is C22H29N3O2. The summed E-state index contributed by atoms with van der Waals surface area (Å²) < 4.78 is 0. The molecule has 0 spiro atoms. The van der Waals surface area contributed by atoms with Gasteiger partial charge in [0.1, 0.15) is 5.82 Å². The molecule has 144 valence electrons. The molecule has 0 radical (unpaired) electrons. The first-order valence-electron chi connectivity index (χ1n) is 10.1. The average Bonchev–Trinajstić information content (AvgIpc) is 2.91. The van der Waals surface area contributed by atoms with Gasteiger partial charge >= 0.3 is 0 Å². The topological polar surface area (TPSA) is 74.8 Å². The molecule has 3 rings (SSSR count). The molecule has 1 unspecified atom stereocenters. The van der Waals surface area contributed by atoms with E-state index in [-0.39, 0.29) is 17.4 Å². The van der Waals surface area contributed by atoms with Crippen LogP contribution in [0.25, 0.3) is 11.4 Å². The fraction of sp³-hybridized carbons (Fsp3) is 0.500. The van der Waals surface area contributed by atoms with Crippen molar-refractivity contribution in [2.24, 2.45) is 11.8 Å². The zero-order valence-electron chi connectivity index (χ0n) is 16.3. The van der Waals surface area contributed by atoms with Gasteiger partial charge in [0.2, 0.25) is 5.91 Å². The molecule has 1 aromatic heterocycles. The molecule has 1 aliphatic carbocycles. The molecule has 1 heterocycles. The van der Waals surface area contributed by atoms with Gasteiger partial charge in [-0.05, 0) is 44.4 Å². The van der Waals surface area contributed by atoms with Crippen LogP contribution in [0.2, 0.25) is 0 Å². The van der Waals surface area contributed by atoms with Crippen molar-refractivity contribution in [3.05, 3.63) is 51.9 Å². The predicted octanol–water partition coefficient (Wildman–Crippen LogP) is 3.48. The number of carbonyl (C=O) groups is 1. The van der Waals surface area contributed by atoms with E-state index >= 15 is 0 Å². The predicted molar refractivity (Wildman–Crippen MR) is 108 cm³/mol. The van der Waals surface area contributed by atoms with Crippen LogP contribution < -0.4 is 10.9 Å². The van der Waals surface area contributed by atoms with Crippen LogP contribution >= 0.6 is 0 Å². The Morgan fingerprint density at radius 3 is 2.59 bits per heavy atom. The lowest BCUT2D eigenvalue weighted by molar-refractivity contribution is -0.125. The largest absolute Gasteiger partial charge is 0.356 e. The first-order chi connectivity index (χ1) is 13.1. The molecule has 1 aromatic carbocycles. The van der Waals surface area contributed by atoms with Gasteiger partial charge in [0, 0.05) is 23.6 Å². The number of aromatic nitrogens is 2. The Kier molecular flexibility index (Phi) is 6.43. The van der Waals surface area contributed by atoms with E-state index in [2.05, 4.69) is 24.1 Å². The smallest absolute Gasteiger partial charge is 0.254 e. The maximum absolute atomic E-state index is 12.6. The normalized spacial score (nSPS) is 16.6. The highest BCUT2D eigenvalue weighted by Crippen LogP contribution is 2.23. The molecule has 1 amide bonds. The molecule has 27 heavy (non-hydrogen) atoms. The minimum absolute atomic E-state index is 0.0273. The number of H-pyrrole nitrogens is 1. The van der Waals surface area contributed by atoms with Gasteiger partial charge < -0.3 is 10.3 Å². The lowest BCUT2D eigenvalue weighted by Crippen LogP contribution is -2.34. The molecule has 0 saturated heterocycles. The van der Waals surface area contributed by atoms with Gasteiger partial charge in [-0.2, -0.15) is 0 Å². The number of nitrogens with zero attached hydrogens (tertiary/aromatic N) is 1. The molecular weight excluding hydrogens is 338 g/mol. The van der Waals surface area contributed by atoms with Crippen molar-refractivity contribution in [3.63, 3.8) is 0 Å². The Morgan fingerprint density at radius 1 is 1.19 bits per heavy atom. The van der Waals surface area contributed by atoms with Gasteiger partial charge in [0.15, 0.2) is 0 Å². The molecule has 0 saturated carbocycles. The van der Waals surface area contributed by atoms with Crippen molar-refractivity contribution in [3.8, 4) is 11.4 Å². The summed E-state index contributed by atoms with van der Waals surface area (Å²) in [5.74, 6) is 1.28. The summed E-state index contributed by atoms with van der Waals surface area (Å²) in [5.41, 5.74) is 2.62. The summed E-state index contributed by atoms with van der Waals surface area (Å²) in [6.07, 6.45) is 5.11. The molecule has 0 aliphatic heterocycles. The first kappa shape index (κ1) is 19.3. The average molecular weight is 367 g/mol. The molecule has 0 bridgehead atoms. The summed E-state index contributed by atoms with van der Waals surface area (Å²) in [6.45, 7) is 4.80. The van der Waals surface area contributed by atoms with E-state index in [1.807, 2.05) is 30.3 Å². The van der Waals surface area contributed by atoms with Gasteiger partial charge in [0.05, 0.1) is 5.69 Å². The van der Waals surface area contributed by atoms with E-state index in [9.17, 15) is 9.59 Å². The quantitative estimate of drug-likeness (QED) is 0.768. The second-order valence-electron chi connectivity index (χ2n) is 7.41. The van der Waals surface area contributed by atoms with Crippen molar-refractivity contribution in [1.82, 2.24) is 15.3 Å². The molecule has 1 atom stereocenters. The van der Waals surface area contributed by atoms with Gasteiger partial charge in [-0.1, -0.05) is 44.2 Å². The molecule has 2 aromatic rings. The maximum Gasteiger partial charge on any atom is 0.254 e. The van der Waals surface area contributed by atoms with E-state index in [0.29, 0.717) is 18.3 Å². The molecule has 0 fully saturated rings. The van der Waals surface area contributed by atoms with E-state index in [0.717, 1.165) is 55.3 Å². The van der Waals surface area contributed by atoms with Crippen LogP contribution in [0.4, 0.5) is 0 Å².